The van der Waals surface area contributed by atoms with Crippen LogP contribution in [0.5, 0.6) is 0 Å². The van der Waals surface area contributed by atoms with E-state index in [0.717, 1.165) is 19.6 Å². The van der Waals surface area contributed by atoms with Gasteiger partial charge in [0.1, 0.15) is 11.2 Å². The Labute approximate surface area is 141 Å². The van der Waals surface area contributed by atoms with Gasteiger partial charge in [0.2, 0.25) is 5.91 Å². The third-order valence-corrected chi connectivity index (χ3v) is 5.48. The predicted molar refractivity (Wildman–Crippen MR) is 83.6 cm³/mol. The van der Waals surface area contributed by atoms with Crippen molar-refractivity contribution < 1.29 is 21.6 Å². The molecule has 1 aromatic rings. The van der Waals surface area contributed by atoms with Crippen LogP contribution in [0.1, 0.15) is 30.2 Å². The van der Waals surface area contributed by atoms with E-state index in [0.29, 0.717) is 17.9 Å². The van der Waals surface area contributed by atoms with Gasteiger partial charge in [0.25, 0.3) is 0 Å². The molecule has 22 heavy (non-hydrogen) atoms. The molecule has 2 aliphatic heterocycles. The smallest absolute Gasteiger partial charge is 0.233 e. The maximum absolute atomic E-state index is 14.0. The first-order chi connectivity index (χ1) is 10.3. The molecule has 0 aliphatic carbocycles. The average molecular weight is 344 g/mol. The van der Waals surface area contributed by atoms with Crippen molar-refractivity contribution in [3.05, 3.63) is 35.6 Å². The van der Waals surface area contributed by atoms with E-state index < -0.39 is 0 Å². The van der Waals surface area contributed by atoms with Crippen molar-refractivity contribution in [3.8, 4) is 0 Å². The standard InChI is InChI=1S/C16H21FN2OS.ClH/c17-14-7-3-2-6-13(14)16-19(15(20)12-21-16)11-10-18-8-4-1-5-9-18;/h2-3,6-7,16H,1,4-5,8-12H2;1H/p-1. The number of carbonyl (C=O) groups excluding carboxylic acids is 1. The van der Waals surface area contributed by atoms with Gasteiger partial charge in [-0.25, -0.2) is 4.39 Å². The summed E-state index contributed by atoms with van der Waals surface area (Å²) in [4.78, 5) is 16.4. The van der Waals surface area contributed by atoms with Gasteiger partial charge in [-0.15, -0.1) is 11.8 Å². The molecule has 0 N–H and O–H groups in total. The quantitative estimate of drug-likeness (QED) is 0.762. The number of halogens is 2. The molecule has 6 heteroatoms. The summed E-state index contributed by atoms with van der Waals surface area (Å²) in [5.74, 6) is 0.372. The zero-order valence-corrected chi connectivity index (χ0v) is 14.1. The van der Waals surface area contributed by atoms with E-state index in [-0.39, 0.29) is 29.5 Å². The van der Waals surface area contributed by atoms with Crippen molar-refractivity contribution in [2.24, 2.45) is 0 Å². The molecule has 1 unspecified atom stereocenters. The fourth-order valence-electron chi connectivity index (χ4n) is 3.06. The van der Waals surface area contributed by atoms with Crippen molar-refractivity contribution in [1.82, 2.24) is 9.80 Å². The van der Waals surface area contributed by atoms with Crippen LogP contribution < -0.4 is 12.4 Å². The highest BCUT2D eigenvalue weighted by Gasteiger charge is 2.34. The van der Waals surface area contributed by atoms with E-state index in [4.69, 9.17) is 0 Å². The molecule has 2 fully saturated rings. The molecular formula is C16H21ClFN2OS-. The normalized spacial score (nSPS) is 22.7. The lowest BCUT2D eigenvalue weighted by Crippen LogP contribution is -3.00. The van der Waals surface area contributed by atoms with Crippen molar-refractivity contribution in [1.29, 1.82) is 0 Å². The van der Waals surface area contributed by atoms with Crippen LogP contribution in [-0.2, 0) is 4.79 Å². The van der Waals surface area contributed by atoms with Crippen LogP contribution in [0, 0.1) is 5.82 Å². The van der Waals surface area contributed by atoms with E-state index in [2.05, 4.69) is 4.90 Å². The average Bonchev–Trinajstić information content (AvgIpc) is 2.88. The number of rotatable bonds is 4. The lowest BCUT2D eigenvalue weighted by atomic mass is 10.1. The Bertz CT molecular complexity index is 511. The number of likely N-dealkylation sites (tertiary alicyclic amines) is 1. The lowest BCUT2D eigenvalue weighted by molar-refractivity contribution is -0.128. The molecule has 2 aliphatic rings. The Balaban J connectivity index is 0.00000176. The van der Waals surface area contributed by atoms with Gasteiger partial charge in [0.05, 0.1) is 5.75 Å². The maximum Gasteiger partial charge on any atom is 0.233 e. The Hall–Kier alpha value is -0.780. The summed E-state index contributed by atoms with van der Waals surface area (Å²) in [6, 6.07) is 6.80. The molecule has 2 saturated heterocycles. The molecule has 3 rings (SSSR count). The van der Waals surface area contributed by atoms with Crippen LogP contribution in [0.4, 0.5) is 4.39 Å². The van der Waals surface area contributed by atoms with E-state index in [1.165, 1.54) is 37.1 Å². The predicted octanol–water partition coefficient (Wildman–Crippen LogP) is -0.110. The van der Waals surface area contributed by atoms with E-state index in [9.17, 15) is 9.18 Å². The summed E-state index contributed by atoms with van der Waals surface area (Å²) in [6.07, 6.45) is 3.81. The number of hydrogen-bond acceptors (Lipinski definition) is 3. The third-order valence-electron chi connectivity index (χ3n) is 4.25. The minimum absolute atomic E-state index is 0. The molecule has 1 aromatic carbocycles. The van der Waals surface area contributed by atoms with E-state index >= 15 is 0 Å². The first-order valence-corrected chi connectivity index (χ1v) is 8.68. The zero-order valence-electron chi connectivity index (χ0n) is 12.5. The Morgan fingerprint density at radius 3 is 2.59 bits per heavy atom. The SMILES string of the molecule is O=C1CSC(c2ccccc2F)N1CCN1CCCCC1.[Cl-]. The molecule has 122 valence electrons. The summed E-state index contributed by atoms with van der Waals surface area (Å²) >= 11 is 1.53. The second-order valence-electron chi connectivity index (χ2n) is 5.67. The number of amides is 1. The summed E-state index contributed by atoms with van der Waals surface area (Å²) in [5.41, 5.74) is 0.631. The fraction of sp³-hybridized carbons (Fsp3) is 0.562. The van der Waals surface area contributed by atoms with Crippen molar-refractivity contribution >= 4 is 17.7 Å². The maximum atomic E-state index is 14.0. The van der Waals surface area contributed by atoms with Crippen LogP contribution in [0.25, 0.3) is 0 Å². The number of hydrogen-bond donors (Lipinski definition) is 0. The molecule has 1 amide bonds. The largest absolute Gasteiger partial charge is 1.00 e. The summed E-state index contributed by atoms with van der Waals surface area (Å²) in [7, 11) is 0. The highest BCUT2D eigenvalue weighted by molar-refractivity contribution is 8.00. The number of piperidine rings is 1. The van der Waals surface area contributed by atoms with Gasteiger partial charge in [-0.05, 0) is 32.0 Å². The molecule has 1 atom stereocenters. The first-order valence-electron chi connectivity index (χ1n) is 7.63. The monoisotopic (exact) mass is 343 g/mol. The molecule has 0 bridgehead atoms. The molecule has 0 radical (unpaired) electrons. The number of carbonyl (C=O) groups is 1. The van der Waals surface area contributed by atoms with Crippen LogP contribution in [-0.4, -0.2) is 47.6 Å². The van der Waals surface area contributed by atoms with Crippen LogP contribution in [0.2, 0.25) is 0 Å². The third kappa shape index (κ3) is 3.94. The van der Waals surface area contributed by atoms with Gasteiger partial charge in [-0.1, -0.05) is 24.6 Å². The molecule has 0 aromatic heterocycles. The van der Waals surface area contributed by atoms with Gasteiger partial charge >= 0.3 is 0 Å². The van der Waals surface area contributed by atoms with Crippen molar-refractivity contribution in [2.75, 3.05) is 31.9 Å². The second-order valence-corrected chi connectivity index (χ2v) is 6.74. The Morgan fingerprint density at radius 1 is 1.14 bits per heavy atom. The number of thioether (sulfide) groups is 1. The lowest BCUT2D eigenvalue weighted by Gasteiger charge is -2.30. The van der Waals surface area contributed by atoms with Crippen molar-refractivity contribution in [2.45, 2.75) is 24.6 Å². The topological polar surface area (TPSA) is 23.6 Å². The van der Waals surface area contributed by atoms with Gasteiger partial charge in [-0.2, -0.15) is 0 Å². The molecule has 0 saturated carbocycles. The van der Waals surface area contributed by atoms with E-state index in [1.54, 1.807) is 12.1 Å². The highest BCUT2D eigenvalue weighted by atomic mass is 35.5. The van der Waals surface area contributed by atoms with Crippen LogP contribution in [0.3, 0.4) is 0 Å². The molecule has 3 nitrogen and oxygen atoms in total. The molecular weight excluding hydrogens is 323 g/mol. The second kappa shape index (κ2) is 8.18. The summed E-state index contributed by atoms with van der Waals surface area (Å²) in [5, 5.41) is -0.163. The summed E-state index contributed by atoms with van der Waals surface area (Å²) < 4.78 is 14.0. The van der Waals surface area contributed by atoms with Crippen molar-refractivity contribution in [3.63, 3.8) is 0 Å². The first kappa shape index (κ1) is 17.6. The van der Waals surface area contributed by atoms with Gasteiger partial charge in [0, 0.05) is 18.7 Å². The Kier molecular flexibility index (Phi) is 6.53. The number of nitrogens with zero attached hydrogens (tertiary/aromatic N) is 2. The van der Waals surface area contributed by atoms with Crippen LogP contribution in [0.15, 0.2) is 24.3 Å². The minimum atomic E-state index is -0.215. The van der Waals surface area contributed by atoms with Gasteiger partial charge < -0.3 is 22.2 Å². The fourth-order valence-corrected chi connectivity index (χ4v) is 4.30. The molecule has 2 heterocycles. The zero-order chi connectivity index (χ0) is 14.7. The number of benzene rings is 1. The van der Waals surface area contributed by atoms with E-state index in [1.807, 2.05) is 11.0 Å². The minimum Gasteiger partial charge on any atom is -1.00 e. The van der Waals surface area contributed by atoms with Gasteiger partial charge in [0.15, 0.2) is 0 Å². The molecule has 0 spiro atoms. The van der Waals surface area contributed by atoms with Gasteiger partial charge in [-0.3, -0.25) is 4.79 Å². The summed E-state index contributed by atoms with van der Waals surface area (Å²) in [6.45, 7) is 3.85. The highest BCUT2D eigenvalue weighted by Crippen LogP contribution is 2.39. The van der Waals surface area contributed by atoms with Crippen LogP contribution >= 0.6 is 11.8 Å². The Morgan fingerprint density at radius 2 is 1.86 bits per heavy atom.